The van der Waals surface area contributed by atoms with E-state index in [4.69, 9.17) is 5.73 Å². The molecule has 0 heterocycles. The fourth-order valence-corrected chi connectivity index (χ4v) is 2.00. The van der Waals surface area contributed by atoms with Crippen molar-refractivity contribution < 1.29 is 4.79 Å². The van der Waals surface area contributed by atoms with E-state index in [1.165, 1.54) is 0 Å². The molecule has 1 amide bonds. The van der Waals surface area contributed by atoms with Crippen LogP contribution < -0.4 is 11.1 Å². The van der Waals surface area contributed by atoms with E-state index in [1.807, 2.05) is 25.1 Å². The number of nitrogens with one attached hydrogen (secondary N) is 1. The minimum Gasteiger partial charge on any atom is -0.398 e. The predicted molar refractivity (Wildman–Crippen MR) is 81.2 cm³/mol. The Balaban J connectivity index is 2.62. The number of nitrogens with two attached hydrogens (primary N) is 1. The van der Waals surface area contributed by atoms with Gasteiger partial charge in [0.25, 0.3) is 0 Å². The summed E-state index contributed by atoms with van der Waals surface area (Å²) in [7, 11) is 0. The summed E-state index contributed by atoms with van der Waals surface area (Å²) in [5.41, 5.74) is 8.25. The van der Waals surface area contributed by atoms with E-state index in [0.29, 0.717) is 18.2 Å². The molecule has 0 saturated heterocycles. The summed E-state index contributed by atoms with van der Waals surface area (Å²) in [4.78, 5) is 14.2. The Bertz CT molecular complexity index is 429. The Morgan fingerprint density at radius 1 is 1.42 bits per heavy atom. The van der Waals surface area contributed by atoms with Crippen molar-refractivity contribution in [2.45, 2.75) is 27.7 Å². The maximum atomic E-state index is 12.0. The molecule has 4 nitrogen and oxygen atoms in total. The van der Waals surface area contributed by atoms with Crippen LogP contribution in [-0.2, 0) is 4.79 Å². The van der Waals surface area contributed by atoms with E-state index >= 15 is 0 Å². The molecular formula is C15H25N3O. The fraction of sp³-hybridized carbons (Fsp3) is 0.533. The van der Waals surface area contributed by atoms with Gasteiger partial charge in [-0.05, 0) is 37.1 Å². The van der Waals surface area contributed by atoms with Gasteiger partial charge >= 0.3 is 0 Å². The number of rotatable bonds is 6. The SMILES string of the molecule is CCN(CC(=O)Nc1cccc(N)c1C)CC(C)C. The molecule has 0 aliphatic carbocycles. The maximum absolute atomic E-state index is 12.0. The lowest BCUT2D eigenvalue weighted by molar-refractivity contribution is -0.117. The summed E-state index contributed by atoms with van der Waals surface area (Å²) in [5.74, 6) is 0.568. The van der Waals surface area contributed by atoms with Gasteiger partial charge < -0.3 is 11.1 Å². The molecule has 1 aromatic rings. The second-order valence-corrected chi connectivity index (χ2v) is 5.29. The maximum Gasteiger partial charge on any atom is 0.238 e. The van der Waals surface area contributed by atoms with E-state index in [0.717, 1.165) is 24.3 Å². The van der Waals surface area contributed by atoms with Crippen LogP contribution in [0.3, 0.4) is 0 Å². The number of nitrogens with zero attached hydrogens (tertiary/aromatic N) is 1. The van der Waals surface area contributed by atoms with E-state index in [1.54, 1.807) is 0 Å². The number of anilines is 2. The third-order valence-corrected chi connectivity index (χ3v) is 3.09. The first-order valence-corrected chi connectivity index (χ1v) is 6.81. The Morgan fingerprint density at radius 2 is 2.11 bits per heavy atom. The Kier molecular flexibility index (Phi) is 5.83. The molecule has 0 aliphatic rings. The number of hydrogen-bond acceptors (Lipinski definition) is 3. The number of carbonyl (C=O) groups excluding carboxylic acids is 1. The van der Waals surface area contributed by atoms with Gasteiger partial charge in [-0.15, -0.1) is 0 Å². The van der Waals surface area contributed by atoms with Crippen molar-refractivity contribution >= 4 is 17.3 Å². The van der Waals surface area contributed by atoms with Crippen LogP contribution in [-0.4, -0.2) is 30.4 Å². The lowest BCUT2D eigenvalue weighted by atomic mass is 10.1. The molecule has 0 unspecified atom stereocenters. The largest absolute Gasteiger partial charge is 0.398 e. The summed E-state index contributed by atoms with van der Waals surface area (Å²) < 4.78 is 0. The molecule has 0 aromatic heterocycles. The molecule has 0 aliphatic heterocycles. The smallest absolute Gasteiger partial charge is 0.238 e. The van der Waals surface area contributed by atoms with Crippen LogP contribution in [0.1, 0.15) is 26.3 Å². The fourth-order valence-electron chi connectivity index (χ4n) is 2.00. The number of likely N-dealkylation sites (N-methyl/N-ethyl adjacent to an activating group) is 1. The predicted octanol–water partition coefficient (Wildman–Crippen LogP) is 2.49. The monoisotopic (exact) mass is 263 g/mol. The molecule has 3 N–H and O–H groups in total. The zero-order valence-corrected chi connectivity index (χ0v) is 12.4. The van der Waals surface area contributed by atoms with E-state index < -0.39 is 0 Å². The molecule has 106 valence electrons. The molecule has 0 spiro atoms. The Hall–Kier alpha value is -1.55. The highest BCUT2D eigenvalue weighted by Crippen LogP contribution is 2.20. The normalized spacial score (nSPS) is 11.1. The standard InChI is InChI=1S/C15H25N3O/c1-5-18(9-11(2)3)10-15(19)17-14-8-6-7-13(16)12(14)4/h6-8,11H,5,9-10,16H2,1-4H3,(H,17,19). The average molecular weight is 263 g/mol. The minimum absolute atomic E-state index is 0.0104. The van der Waals surface area contributed by atoms with Gasteiger partial charge in [0, 0.05) is 17.9 Å². The topological polar surface area (TPSA) is 58.4 Å². The first-order valence-electron chi connectivity index (χ1n) is 6.81. The van der Waals surface area contributed by atoms with Crippen LogP contribution in [0.25, 0.3) is 0 Å². The molecule has 4 heteroatoms. The van der Waals surface area contributed by atoms with Gasteiger partial charge in [0.05, 0.1) is 6.54 Å². The van der Waals surface area contributed by atoms with Gasteiger partial charge in [-0.3, -0.25) is 9.69 Å². The van der Waals surface area contributed by atoms with Crippen LogP contribution in [0.15, 0.2) is 18.2 Å². The first kappa shape index (κ1) is 15.5. The average Bonchev–Trinajstić information content (AvgIpc) is 2.33. The lowest BCUT2D eigenvalue weighted by Crippen LogP contribution is -2.35. The summed E-state index contributed by atoms with van der Waals surface area (Å²) in [6, 6.07) is 5.56. The van der Waals surface area contributed by atoms with Crippen molar-refractivity contribution in [1.82, 2.24) is 4.90 Å². The summed E-state index contributed by atoms with van der Waals surface area (Å²) >= 11 is 0. The molecular weight excluding hydrogens is 238 g/mol. The van der Waals surface area contributed by atoms with Gasteiger partial charge in [-0.25, -0.2) is 0 Å². The minimum atomic E-state index is 0.0104. The van der Waals surface area contributed by atoms with Crippen molar-refractivity contribution in [3.8, 4) is 0 Å². The van der Waals surface area contributed by atoms with Gasteiger partial charge in [0.15, 0.2) is 0 Å². The van der Waals surface area contributed by atoms with Crippen LogP contribution >= 0.6 is 0 Å². The van der Waals surface area contributed by atoms with Crippen molar-refractivity contribution in [1.29, 1.82) is 0 Å². The third-order valence-electron chi connectivity index (χ3n) is 3.09. The van der Waals surface area contributed by atoms with Crippen LogP contribution in [0.4, 0.5) is 11.4 Å². The number of amides is 1. The molecule has 0 radical (unpaired) electrons. The van der Waals surface area contributed by atoms with E-state index in [9.17, 15) is 4.79 Å². The molecule has 0 atom stereocenters. The third kappa shape index (κ3) is 4.91. The van der Waals surface area contributed by atoms with Crippen molar-refractivity contribution in [2.24, 2.45) is 5.92 Å². The molecule has 1 aromatic carbocycles. The summed E-state index contributed by atoms with van der Waals surface area (Å²) in [5, 5.41) is 2.93. The van der Waals surface area contributed by atoms with Crippen molar-refractivity contribution in [3.63, 3.8) is 0 Å². The highest BCUT2D eigenvalue weighted by atomic mass is 16.2. The second kappa shape index (κ2) is 7.14. The Morgan fingerprint density at radius 3 is 2.68 bits per heavy atom. The van der Waals surface area contributed by atoms with E-state index in [-0.39, 0.29) is 5.91 Å². The van der Waals surface area contributed by atoms with Crippen LogP contribution in [0.2, 0.25) is 0 Å². The molecule has 0 saturated carbocycles. The number of benzene rings is 1. The Labute approximate surface area is 116 Å². The van der Waals surface area contributed by atoms with Crippen LogP contribution in [0, 0.1) is 12.8 Å². The van der Waals surface area contributed by atoms with Gasteiger partial charge in [-0.1, -0.05) is 26.8 Å². The highest BCUT2D eigenvalue weighted by molar-refractivity contribution is 5.93. The lowest BCUT2D eigenvalue weighted by Gasteiger charge is -2.22. The number of nitrogen functional groups attached to an aromatic ring is 1. The summed E-state index contributed by atoms with van der Waals surface area (Å²) in [6.45, 7) is 10.5. The highest BCUT2D eigenvalue weighted by Gasteiger charge is 2.11. The van der Waals surface area contributed by atoms with Gasteiger partial charge in [-0.2, -0.15) is 0 Å². The molecule has 1 rings (SSSR count). The zero-order chi connectivity index (χ0) is 14.4. The van der Waals surface area contributed by atoms with E-state index in [2.05, 4.69) is 31.0 Å². The molecule has 19 heavy (non-hydrogen) atoms. The second-order valence-electron chi connectivity index (χ2n) is 5.29. The zero-order valence-electron chi connectivity index (χ0n) is 12.4. The van der Waals surface area contributed by atoms with Crippen molar-refractivity contribution in [3.05, 3.63) is 23.8 Å². The molecule has 0 fully saturated rings. The molecule has 0 bridgehead atoms. The number of carbonyl (C=O) groups is 1. The summed E-state index contributed by atoms with van der Waals surface area (Å²) in [6.07, 6.45) is 0. The quantitative estimate of drug-likeness (QED) is 0.775. The van der Waals surface area contributed by atoms with Crippen molar-refractivity contribution in [2.75, 3.05) is 30.7 Å². The van der Waals surface area contributed by atoms with Gasteiger partial charge in [0.2, 0.25) is 5.91 Å². The van der Waals surface area contributed by atoms with Gasteiger partial charge in [0.1, 0.15) is 0 Å². The first-order chi connectivity index (χ1) is 8.93. The van der Waals surface area contributed by atoms with Crippen LogP contribution in [0.5, 0.6) is 0 Å². The number of hydrogen-bond donors (Lipinski definition) is 2.